The summed E-state index contributed by atoms with van der Waals surface area (Å²) in [6.07, 6.45) is 1.68. The van der Waals surface area contributed by atoms with E-state index in [0.29, 0.717) is 23.2 Å². The average Bonchev–Trinajstić information content (AvgIpc) is 3.29. The SMILES string of the molecule is Cc1c(C(=O)O)ccc(-c2ccc3c(c2)CCN([C@@H]2CCN(Cc4ccccc4)C2)C3=O)c1F. The van der Waals surface area contributed by atoms with Gasteiger partial charge >= 0.3 is 5.97 Å². The lowest BCUT2D eigenvalue weighted by Crippen LogP contribution is -2.45. The van der Waals surface area contributed by atoms with Crippen molar-refractivity contribution in [3.63, 3.8) is 0 Å². The molecule has 34 heavy (non-hydrogen) atoms. The van der Waals surface area contributed by atoms with Crippen LogP contribution in [0.4, 0.5) is 4.39 Å². The van der Waals surface area contributed by atoms with Gasteiger partial charge in [0.05, 0.1) is 5.56 Å². The van der Waals surface area contributed by atoms with E-state index in [1.807, 2.05) is 17.0 Å². The summed E-state index contributed by atoms with van der Waals surface area (Å²) in [4.78, 5) is 29.0. The predicted molar refractivity (Wildman–Crippen MR) is 128 cm³/mol. The van der Waals surface area contributed by atoms with Gasteiger partial charge in [-0.25, -0.2) is 9.18 Å². The van der Waals surface area contributed by atoms with Gasteiger partial charge in [0.2, 0.25) is 0 Å². The van der Waals surface area contributed by atoms with Gasteiger partial charge in [0.25, 0.3) is 5.91 Å². The van der Waals surface area contributed by atoms with Crippen LogP contribution in [-0.2, 0) is 13.0 Å². The van der Waals surface area contributed by atoms with Crippen LogP contribution in [-0.4, -0.2) is 52.5 Å². The number of fused-ring (bicyclic) bond motifs is 1. The molecule has 1 fully saturated rings. The maximum atomic E-state index is 14.9. The summed E-state index contributed by atoms with van der Waals surface area (Å²) < 4.78 is 14.9. The fraction of sp³-hybridized carbons (Fsp3) is 0.286. The molecule has 0 radical (unpaired) electrons. The smallest absolute Gasteiger partial charge is 0.336 e. The summed E-state index contributed by atoms with van der Waals surface area (Å²) >= 11 is 0. The minimum atomic E-state index is -1.15. The molecule has 0 unspecified atom stereocenters. The van der Waals surface area contributed by atoms with Crippen molar-refractivity contribution in [3.8, 4) is 11.1 Å². The van der Waals surface area contributed by atoms with E-state index in [0.717, 1.165) is 38.0 Å². The number of halogens is 1. The van der Waals surface area contributed by atoms with Crippen LogP contribution >= 0.6 is 0 Å². The van der Waals surface area contributed by atoms with Gasteiger partial charge in [-0.2, -0.15) is 0 Å². The number of likely N-dealkylation sites (tertiary alicyclic amines) is 1. The standard InChI is InChI=1S/C28H27FN2O3/c1-18-23(28(33)34)9-10-24(26(18)29)20-7-8-25-21(15-20)11-14-31(27(25)32)22-12-13-30(17-22)16-19-5-3-2-4-6-19/h2-10,15,22H,11-14,16-17H2,1H3,(H,33,34)/t22-/m1/s1. The fourth-order valence-electron chi connectivity index (χ4n) is 5.21. The number of carboxylic acid groups (broad SMARTS) is 1. The molecule has 1 N–H and O–H groups in total. The Kier molecular flexibility index (Phi) is 5.92. The second-order valence-corrected chi connectivity index (χ2v) is 9.19. The first-order valence-electron chi connectivity index (χ1n) is 11.7. The van der Waals surface area contributed by atoms with E-state index >= 15 is 0 Å². The molecule has 5 rings (SSSR count). The van der Waals surface area contributed by atoms with Gasteiger partial charge in [-0.15, -0.1) is 0 Å². The Labute approximate surface area is 198 Å². The third-order valence-electron chi connectivity index (χ3n) is 7.08. The molecule has 0 aliphatic carbocycles. The molecule has 1 atom stereocenters. The quantitative estimate of drug-likeness (QED) is 0.598. The molecule has 174 valence electrons. The van der Waals surface area contributed by atoms with Crippen molar-refractivity contribution in [3.05, 3.63) is 94.3 Å². The number of hydrogen-bond acceptors (Lipinski definition) is 3. The maximum Gasteiger partial charge on any atom is 0.336 e. The molecule has 1 amide bonds. The van der Waals surface area contributed by atoms with Crippen LogP contribution in [0.25, 0.3) is 11.1 Å². The number of amides is 1. The second kappa shape index (κ2) is 9.03. The molecule has 6 heteroatoms. The highest BCUT2D eigenvalue weighted by atomic mass is 19.1. The average molecular weight is 459 g/mol. The molecule has 0 bridgehead atoms. The van der Waals surface area contributed by atoms with Crippen LogP contribution in [0, 0.1) is 12.7 Å². The van der Waals surface area contributed by atoms with Crippen molar-refractivity contribution in [1.82, 2.24) is 9.80 Å². The third kappa shape index (κ3) is 4.10. The Morgan fingerprint density at radius 1 is 1.06 bits per heavy atom. The Bertz CT molecular complexity index is 1260. The summed E-state index contributed by atoms with van der Waals surface area (Å²) in [6.45, 7) is 4.86. The number of benzene rings is 3. The molecule has 3 aromatic rings. The molecule has 3 aromatic carbocycles. The monoisotopic (exact) mass is 458 g/mol. The lowest BCUT2D eigenvalue weighted by Gasteiger charge is -2.34. The Balaban J connectivity index is 1.33. The van der Waals surface area contributed by atoms with Gasteiger partial charge in [0.1, 0.15) is 5.82 Å². The minimum Gasteiger partial charge on any atom is -0.478 e. The van der Waals surface area contributed by atoms with Gasteiger partial charge in [-0.3, -0.25) is 9.69 Å². The summed E-state index contributed by atoms with van der Waals surface area (Å²) in [5, 5.41) is 9.23. The van der Waals surface area contributed by atoms with Crippen molar-refractivity contribution in [1.29, 1.82) is 0 Å². The van der Waals surface area contributed by atoms with E-state index < -0.39 is 11.8 Å². The molecule has 2 aliphatic heterocycles. The van der Waals surface area contributed by atoms with Gasteiger partial charge in [-0.05, 0) is 54.2 Å². The zero-order chi connectivity index (χ0) is 23.8. The van der Waals surface area contributed by atoms with Crippen LogP contribution < -0.4 is 0 Å². The Morgan fingerprint density at radius 2 is 1.82 bits per heavy atom. The van der Waals surface area contributed by atoms with E-state index in [9.17, 15) is 19.1 Å². The number of hydrogen-bond donors (Lipinski definition) is 1. The van der Waals surface area contributed by atoms with E-state index in [4.69, 9.17) is 0 Å². The zero-order valence-corrected chi connectivity index (χ0v) is 19.1. The molecular weight excluding hydrogens is 431 g/mol. The summed E-state index contributed by atoms with van der Waals surface area (Å²) in [7, 11) is 0. The first-order chi connectivity index (χ1) is 16.4. The van der Waals surface area contributed by atoms with Crippen LogP contribution in [0.1, 0.15) is 43.8 Å². The zero-order valence-electron chi connectivity index (χ0n) is 19.1. The van der Waals surface area contributed by atoms with Gasteiger partial charge in [0.15, 0.2) is 0 Å². The molecule has 2 aliphatic rings. The summed E-state index contributed by atoms with van der Waals surface area (Å²) in [5.74, 6) is -1.64. The van der Waals surface area contributed by atoms with Gasteiger partial charge in [0, 0.05) is 43.3 Å². The topological polar surface area (TPSA) is 60.9 Å². The van der Waals surface area contributed by atoms with E-state index in [1.165, 1.54) is 24.6 Å². The molecule has 0 aromatic heterocycles. The molecule has 1 saturated heterocycles. The third-order valence-corrected chi connectivity index (χ3v) is 7.08. The fourth-order valence-corrected chi connectivity index (χ4v) is 5.21. The maximum absolute atomic E-state index is 14.9. The molecule has 2 heterocycles. The van der Waals surface area contributed by atoms with Crippen molar-refractivity contribution >= 4 is 11.9 Å². The number of carbonyl (C=O) groups excluding carboxylic acids is 1. The van der Waals surface area contributed by atoms with E-state index in [1.54, 1.807) is 12.1 Å². The largest absolute Gasteiger partial charge is 0.478 e. The van der Waals surface area contributed by atoms with Crippen LogP contribution in [0.5, 0.6) is 0 Å². The summed E-state index contributed by atoms with van der Waals surface area (Å²) in [5.41, 5.74) is 3.96. The van der Waals surface area contributed by atoms with Gasteiger partial charge in [-0.1, -0.05) is 48.5 Å². The summed E-state index contributed by atoms with van der Waals surface area (Å²) in [6, 6.07) is 18.9. The van der Waals surface area contributed by atoms with Crippen molar-refractivity contribution < 1.29 is 19.1 Å². The number of aromatic carboxylic acids is 1. The Hall–Kier alpha value is -3.51. The van der Waals surface area contributed by atoms with Crippen molar-refractivity contribution in [2.45, 2.75) is 32.4 Å². The van der Waals surface area contributed by atoms with Crippen LogP contribution in [0.15, 0.2) is 60.7 Å². The molecule has 5 nitrogen and oxygen atoms in total. The molecule has 0 saturated carbocycles. The highest BCUT2D eigenvalue weighted by molar-refractivity contribution is 5.98. The normalized spacial score (nSPS) is 18.2. The first-order valence-corrected chi connectivity index (χ1v) is 11.7. The first kappa shape index (κ1) is 22.3. The van der Waals surface area contributed by atoms with E-state index in [2.05, 4.69) is 29.2 Å². The van der Waals surface area contributed by atoms with Gasteiger partial charge < -0.3 is 10.0 Å². The molecule has 0 spiro atoms. The minimum absolute atomic E-state index is 0.0390. The van der Waals surface area contributed by atoms with Crippen LogP contribution in [0.3, 0.4) is 0 Å². The van der Waals surface area contributed by atoms with Crippen molar-refractivity contribution in [2.24, 2.45) is 0 Å². The Morgan fingerprint density at radius 3 is 2.59 bits per heavy atom. The number of rotatable bonds is 5. The second-order valence-electron chi connectivity index (χ2n) is 9.19. The lowest BCUT2D eigenvalue weighted by molar-refractivity contribution is 0.0661. The highest BCUT2D eigenvalue weighted by Gasteiger charge is 2.34. The highest BCUT2D eigenvalue weighted by Crippen LogP contribution is 2.32. The van der Waals surface area contributed by atoms with E-state index in [-0.39, 0.29) is 23.1 Å². The predicted octanol–water partition coefficient (Wildman–Crippen LogP) is 4.77. The number of carboxylic acids is 1. The lowest BCUT2D eigenvalue weighted by atomic mass is 9.92. The number of carbonyl (C=O) groups is 2. The number of nitrogens with zero attached hydrogens (tertiary/aromatic N) is 2. The van der Waals surface area contributed by atoms with Crippen molar-refractivity contribution in [2.75, 3.05) is 19.6 Å². The molecular formula is C28H27FN2O3. The van der Waals surface area contributed by atoms with Crippen LogP contribution in [0.2, 0.25) is 0 Å².